The van der Waals surface area contributed by atoms with E-state index in [0.717, 1.165) is 19.3 Å². The van der Waals surface area contributed by atoms with Crippen LogP contribution in [0, 0.1) is 0 Å². The second-order valence-electron chi connectivity index (χ2n) is 7.49. The van der Waals surface area contributed by atoms with Gasteiger partial charge in [0.15, 0.2) is 0 Å². The first-order valence-electron chi connectivity index (χ1n) is 11.7. The van der Waals surface area contributed by atoms with Gasteiger partial charge in [0.25, 0.3) is 0 Å². The highest BCUT2D eigenvalue weighted by Crippen LogP contribution is 2.13. The first-order chi connectivity index (χ1) is 15.5. The molecule has 0 fully saturated rings. The maximum atomic E-state index is 5.06. The summed E-state index contributed by atoms with van der Waals surface area (Å²) in [6, 6.07) is 0. The minimum absolute atomic E-state index is 0.404. The van der Waals surface area contributed by atoms with E-state index >= 15 is 0 Å². The minimum atomic E-state index is 0.404. The monoisotopic (exact) mass is 448 g/mol. The second-order valence-corrected chi connectivity index (χ2v) is 7.49. The highest BCUT2D eigenvalue weighted by molar-refractivity contribution is 4.95. The summed E-state index contributed by atoms with van der Waals surface area (Å²) < 4.78 is 0. The van der Waals surface area contributed by atoms with Gasteiger partial charge in [-0.1, -0.05) is 89.9 Å². The average molecular weight is 449 g/mol. The highest BCUT2D eigenvalue weighted by Gasteiger charge is 1.97. The summed E-state index contributed by atoms with van der Waals surface area (Å²) in [6.07, 6.45) is 25.6. The molecule has 0 unspecified atom stereocenters. The van der Waals surface area contributed by atoms with Gasteiger partial charge in [0, 0.05) is 15.1 Å². The fourth-order valence-electron chi connectivity index (χ4n) is 3.17. The fraction of sp³-hybridized carbons (Fsp3) is 0.818. The van der Waals surface area contributed by atoms with Gasteiger partial charge in [-0.2, -0.15) is 4.89 Å². The molecule has 9 heteroatoms. The molecule has 0 aromatic carbocycles. The number of allylic oxidation sites excluding steroid dienone is 2. The molecule has 0 bridgehead atoms. The Morgan fingerprint density at radius 1 is 0.323 bits per heavy atom. The zero-order valence-corrected chi connectivity index (χ0v) is 18.7. The Bertz CT molecular complexity index is 368. The van der Waals surface area contributed by atoms with Crippen LogP contribution in [-0.4, -0.2) is 13.2 Å². The lowest BCUT2D eigenvalue weighted by Crippen LogP contribution is -2.01. The summed E-state index contributed by atoms with van der Waals surface area (Å²) in [5, 5.41) is 20.7. The van der Waals surface area contributed by atoms with E-state index in [2.05, 4.69) is 30.1 Å². The summed E-state index contributed by atoms with van der Waals surface area (Å²) in [5.74, 6) is 0. The summed E-state index contributed by atoms with van der Waals surface area (Å²) >= 11 is 0. The van der Waals surface area contributed by atoms with E-state index < -0.39 is 0 Å². The highest BCUT2D eigenvalue weighted by atomic mass is 17.9. The third-order valence-electron chi connectivity index (χ3n) is 4.85. The van der Waals surface area contributed by atoms with Gasteiger partial charge in [0.1, 0.15) is 12.5 Å². The molecule has 31 heavy (non-hydrogen) atoms. The molecule has 1 rings (SSSR count). The summed E-state index contributed by atoms with van der Waals surface area (Å²) in [4.78, 5) is 19.2. The van der Waals surface area contributed by atoms with Crippen molar-refractivity contribution in [3.8, 4) is 0 Å². The van der Waals surface area contributed by atoms with Crippen molar-refractivity contribution in [3.63, 3.8) is 0 Å². The smallest absolute Gasteiger partial charge is 0.133 e. The van der Waals surface area contributed by atoms with Crippen molar-refractivity contribution < 1.29 is 44.7 Å². The average Bonchev–Trinajstić information content (AvgIpc) is 2.78. The van der Waals surface area contributed by atoms with Crippen molar-refractivity contribution in [1.29, 1.82) is 0 Å². The molecular weight excluding hydrogens is 408 g/mol. The molecule has 9 nitrogen and oxygen atoms in total. The van der Waals surface area contributed by atoms with Gasteiger partial charge >= 0.3 is 0 Å². The predicted molar refractivity (Wildman–Crippen MR) is 112 cm³/mol. The van der Waals surface area contributed by atoms with Gasteiger partial charge in [-0.25, -0.2) is 4.89 Å². The SMILES string of the molecule is C1=COOCCCCCCCCCCCCCCCCCCOOOOOOOC=C1. The Morgan fingerprint density at radius 2 is 0.710 bits per heavy atom. The van der Waals surface area contributed by atoms with Crippen molar-refractivity contribution >= 4 is 0 Å². The van der Waals surface area contributed by atoms with Gasteiger partial charge < -0.3 is 9.78 Å². The van der Waals surface area contributed by atoms with Crippen LogP contribution < -0.4 is 0 Å². The number of rotatable bonds is 0. The summed E-state index contributed by atoms with van der Waals surface area (Å²) in [7, 11) is 0. The van der Waals surface area contributed by atoms with E-state index in [1.54, 1.807) is 6.08 Å². The predicted octanol–water partition coefficient (Wildman–Crippen LogP) is 6.82. The third kappa shape index (κ3) is 23.3. The largest absolute Gasteiger partial charge is 0.345 e. The first-order valence-corrected chi connectivity index (χ1v) is 11.7. The quantitative estimate of drug-likeness (QED) is 0.370. The van der Waals surface area contributed by atoms with E-state index in [1.165, 1.54) is 102 Å². The van der Waals surface area contributed by atoms with E-state index in [1.807, 2.05) is 0 Å². The Kier molecular flexibility index (Phi) is 22.5. The van der Waals surface area contributed by atoms with Crippen LogP contribution in [0.4, 0.5) is 0 Å². The molecule has 1 aliphatic rings. The molecule has 0 aromatic rings. The lowest BCUT2D eigenvalue weighted by molar-refractivity contribution is -0.786. The topological polar surface area (TPSA) is 83.1 Å². The lowest BCUT2D eigenvalue weighted by Gasteiger charge is -2.04. The molecule has 0 radical (unpaired) electrons. The van der Waals surface area contributed by atoms with Crippen LogP contribution in [0.3, 0.4) is 0 Å². The molecule has 182 valence electrons. The van der Waals surface area contributed by atoms with E-state index in [9.17, 15) is 0 Å². The third-order valence-corrected chi connectivity index (χ3v) is 4.85. The summed E-state index contributed by atoms with van der Waals surface area (Å²) in [6.45, 7) is 0.978. The Morgan fingerprint density at radius 3 is 1.26 bits per heavy atom. The fourth-order valence-corrected chi connectivity index (χ4v) is 3.17. The van der Waals surface area contributed by atoms with Crippen molar-refractivity contribution in [1.82, 2.24) is 0 Å². The molecule has 1 aliphatic heterocycles. The number of hydrogen-bond acceptors (Lipinski definition) is 9. The van der Waals surface area contributed by atoms with Crippen LogP contribution in [0.2, 0.25) is 0 Å². The molecule has 0 amide bonds. The molecule has 0 aromatic heterocycles. The first kappa shape index (κ1) is 27.8. The molecule has 0 saturated carbocycles. The van der Waals surface area contributed by atoms with Crippen molar-refractivity contribution in [3.05, 3.63) is 24.7 Å². The van der Waals surface area contributed by atoms with Crippen LogP contribution >= 0.6 is 0 Å². The van der Waals surface area contributed by atoms with Crippen LogP contribution in [0.5, 0.6) is 0 Å². The van der Waals surface area contributed by atoms with Crippen LogP contribution in [-0.2, 0) is 44.7 Å². The van der Waals surface area contributed by atoms with E-state index in [4.69, 9.17) is 14.7 Å². The zero-order valence-electron chi connectivity index (χ0n) is 18.7. The van der Waals surface area contributed by atoms with Crippen LogP contribution in [0.25, 0.3) is 0 Å². The molecular formula is C22H40O9. The van der Waals surface area contributed by atoms with Gasteiger partial charge in [-0.05, 0) is 35.1 Å². The van der Waals surface area contributed by atoms with Gasteiger partial charge in [-0.3, -0.25) is 0 Å². The molecule has 0 aliphatic carbocycles. The van der Waals surface area contributed by atoms with Crippen LogP contribution in [0.1, 0.15) is 103 Å². The zero-order chi connectivity index (χ0) is 21.9. The maximum Gasteiger partial charge on any atom is 0.133 e. The van der Waals surface area contributed by atoms with Crippen molar-refractivity contribution in [2.45, 2.75) is 103 Å². The number of hydrogen-bond donors (Lipinski definition) is 0. The Labute approximate surface area is 186 Å². The molecule has 0 spiro atoms. The molecule has 1 heterocycles. The van der Waals surface area contributed by atoms with Gasteiger partial charge in [-0.15, -0.1) is 0 Å². The molecule has 0 atom stereocenters. The molecule has 0 saturated heterocycles. The molecule has 0 N–H and O–H groups in total. The van der Waals surface area contributed by atoms with Gasteiger partial charge in [0.05, 0.1) is 13.2 Å². The second kappa shape index (κ2) is 25.1. The Hall–Kier alpha value is -1.20. The standard InChI is InChI=1S/C22H40O9/c1-2-4-6-8-10-12-14-16-21-25-27-29-31-30-28-26-22-18-17-20-24-23-19-15-13-11-9-7-5-3-1/h17-18,20,22H,1-16,19,21H2. The van der Waals surface area contributed by atoms with E-state index in [0.29, 0.717) is 13.2 Å². The Balaban J connectivity index is 2.07. The minimum Gasteiger partial charge on any atom is -0.345 e. The van der Waals surface area contributed by atoms with Gasteiger partial charge in [0.2, 0.25) is 0 Å². The lowest BCUT2D eigenvalue weighted by atomic mass is 10.0. The summed E-state index contributed by atoms with van der Waals surface area (Å²) in [5.41, 5.74) is 0. The van der Waals surface area contributed by atoms with Crippen LogP contribution in [0.15, 0.2) is 24.7 Å². The van der Waals surface area contributed by atoms with Crippen molar-refractivity contribution in [2.24, 2.45) is 0 Å². The normalized spacial score (nSPS) is 22.5. The van der Waals surface area contributed by atoms with E-state index in [-0.39, 0.29) is 0 Å². The maximum absolute atomic E-state index is 5.06. The van der Waals surface area contributed by atoms with Crippen molar-refractivity contribution in [2.75, 3.05) is 13.2 Å².